The van der Waals surface area contributed by atoms with Crippen molar-refractivity contribution in [3.8, 4) is 5.69 Å². The van der Waals surface area contributed by atoms with E-state index in [0.717, 1.165) is 25.1 Å². The molecule has 164 valence electrons. The number of hydrogen-bond donors (Lipinski definition) is 1. The maximum absolute atomic E-state index is 13.3. The second kappa shape index (κ2) is 11.3. The zero-order valence-corrected chi connectivity index (χ0v) is 18.2. The first kappa shape index (κ1) is 24.1. The Morgan fingerprint density at radius 1 is 1.13 bits per heavy atom. The van der Waals surface area contributed by atoms with Gasteiger partial charge in [0.1, 0.15) is 12.0 Å². The Bertz CT molecular complexity index is 821. The van der Waals surface area contributed by atoms with Crippen LogP contribution in [0.2, 0.25) is 0 Å². The molecule has 4 rings (SSSR count). The quantitative estimate of drug-likeness (QED) is 0.768. The molecule has 1 atom stereocenters. The van der Waals surface area contributed by atoms with Crippen molar-refractivity contribution >= 4 is 36.8 Å². The van der Waals surface area contributed by atoms with Crippen LogP contribution < -0.4 is 5.32 Å². The van der Waals surface area contributed by atoms with Crippen LogP contribution in [-0.2, 0) is 4.74 Å². The Kier molecular flexibility index (Phi) is 9.10. The third kappa shape index (κ3) is 5.31. The van der Waals surface area contributed by atoms with E-state index < -0.39 is 0 Å². The molecule has 3 amide bonds. The molecular formula is C20H27Cl2N5O3. The molecule has 1 aromatic carbocycles. The van der Waals surface area contributed by atoms with E-state index in [-0.39, 0.29) is 48.5 Å². The summed E-state index contributed by atoms with van der Waals surface area (Å²) < 4.78 is 7.14. The Labute approximate surface area is 188 Å². The van der Waals surface area contributed by atoms with Crippen LogP contribution in [-0.4, -0.2) is 76.7 Å². The Hall–Kier alpha value is -2.13. The van der Waals surface area contributed by atoms with Gasteiger partial charge in [-0.2, -0.15) is 0 Å². The van der Waals surface area contributed by atoms with Gasteiger partial charge in [-0.15, -0.1) is 24.8 Å². The van der Waals surface area contributed by atoms with Gasteiger partial charge < -0.3 is 19.5 Å². The van der Waals surface area contributed by atoms with Crippen LogP contribution in [0.1, 0.15) is 23.3 Å². The summed E-state index contributed by atoms with van der Waals surface area (Å²) in [7, 11) is 0. The number of halogens is 2. The molecule has 2 aliphatic rings. The van der Waals surface area contributed by atoms with Gasteiger partial charge >= 0.3 is 6.03 Å². The van der Waals surface area contributed by atoms with Gasteiger partial charge in [0.05, 0.1) is 19.3 Å². The number of morpholine rings is 1. The summed E-state index contributed by atoms with van der Waals surface area (Å²) in [5.41, 5.74) is 1.19. The van der Waals surface area contributed by atoms with Crippen molar-refractivity contribution in [3.05, 3.63) is 48.5 Å². The number of benzene rings is 1. The number of amides is 3. The molecule has 0 radical (unpaired) electrons. The Balaban J connectivity index is 0.00000160. The lowest BCUT2D eigenvalue weighted by Crippen LogP contribution is -2.57. The first-order valence-corrected chi connectivity index (χ1v) is 9.74. The number of para-hydroxylation sites is 1. The molecule has 0 bridgehead atoms. The lowest BCUT2D eigenvalue weighted by molar-refractivity contribution is 0.0346. The maximum Gasteiger partial charge on any atom is 0.327 e. The number of imidazole rings is 1. The maximum atomic E-state index is 13.3. The second-order valence-electron chi connectivity index (χ2n) is 7.06. The number of aromatic nitrogens is 2. The summed E-state index contributed by atoms with van der Waals surface area (Å²) in [6.07, 6.45) is 5.03. The molecule has 2 aromatic rings. The predicted molar refractivity (Wildman–Crippen MR) is 118 cm³/mol. The molecule has 3 heterocycles. The molecule has 1 aromatic heterocycles. The van der Waals surface area contributed by atoms with Crippen molar-refractivity contribution in [1.29, 1.82) is 0 Å². The van der Waals surface area contributed by atoms with Gasteiger partial charge in [-0.25, -0.2) is 9.78 Å². The fourth-order valence-electron chi connectivity index (χ4n) is 3.67. The molecule has 1 N–H and O–H groups in total. The molecule has 0 aliphatic carbocycles. The molecule has 1 unspecified atom stereocenters. The van der Waals surface area contributed by atoms with Gasteiger partial charge in [0.25, 0.3) is 5.91 Å². The highest BCUT2D eigenvalue weighted by atomic mass is 35.5. The highest BCUT2D eigenvalue weighted by Gasteiger charge is 2.35. The van der Waals surface area contributed by atoms with Crippen LogP contribution in [0.25, 0.3) is 5.69 Å². The number of carbonyl (C=O) groups is 2. The summed E-state index contributed by atoms with van der Waals surface area (Å²) in [5.74, 6) is -0.347. The average Bonchev–Trinajstić information content (AvgIpc) is 3.26. The molecule has 10 heteroatoms. The number of urea groups is 1. The number of hydrogen-bond acceptors (Lipinski definition) is 5. The molecule has 30 heavy (non-hydrogen) atoms. The van der Waals surface area contributed by atoms with Crippen LogP contribution in [0.15, 0.2) is 42.9 Å². The van der Waals surface area contributed by atoms with Crippen LogP contribution in [0, 0.1) is 0 Å². The van der Waals surface area contributed by atoms with Crippen molar-refractivity contribution in [3.63, 3.8) is 0 Å². The number of nitrogens with zero attached hydrogens (tertiary/aromatic N) is 4. The molecule has 2 aliphatic heterocycles. The fraction of sp³-hybridized carbons (Fsp3) is 0.450. The molecule has 0 saturated carbocycles. The number of ether oxygens (including phenoxy) is 1. The van der Waals surface area contributed by atoms with E-state index in [1.165, 1.54) is 4.90 Å². The highest BCUT2D eigenvalue weighted by molar-refractivity contribution is 6.03. The van der Waals surface area contributed by atoms with Gasteiger partial charge in [0.2, 0.25) is 0 Å². The minimum absolute atomic E-state index is 0. The largest absolute Gasteiger partial charge is 0.378 e. The first-order valence-electron chi connectivity index (χ1n) is 9.74. The molecule has 2 fully saturated rings. The van der Waals surface area contributed by atoms with Gasteiger partial charge in [-0.1, -0.05) is 18.2 Å². The monoisotopic (exact) mass is 455 g/mol. The third-order valence-electron chi connectivity index (χ3n) is 5.20. The molecule has 0 spiro atoms. The summed E-state index contributed by atoms with van der Waals surface area (Å²) in [6.45, 7) is 3.52. The van der Waals surface area contributed by atoms with Crippen LogP contribution in [0.5, 0.6) is 0 Å². The number of piperidine rings is 1. The summed E-state index contributed by atoms with van der Waals surface area (Å²) in [4.78, 5) is 33.9. The summed E-state index contributed by atoms with van der Waals surface area (Å²) in [5, 5.41) is 3.30. The van der Waals surface area contributed by atoms with E-state index in [2.05, 4.69) is 10.3 Å². The zero-order valence-electron chi connectivity index (χ0n) is 16.6. The van der Waals surface area contributed by atoms with E-state index in [9.17, 15) is 9.59 Å². The lowest BCUT2D eigenvalue weighted by Gasteiger charge is -2.37. The van der Waals surface area contributed by atoms with Crippen LogP contribution >= 0.6 is 24.8 Å². The number of rotatable bonds is 3. The van der Waals surface area contributed by atoms with Gasteiger partial charge in [0, 0.05) is 31.5 Å². The first-order chi connectivity index (χ1) is 13.7. The average molecular weight is 456 g/mol. The Morgan fingerprint density at radius 3 is 2.53 bits per heavy atom. The highest BCUT2D eigenvalue weighted by Crippen LogP contribution is 2.18. The van der Waals surface area contributed by atoms with E-state index >= 15 is 0 Å². The number of imide groups is 1. The molecular weight excluding hydrogens is 429 g/mol. The zero-order chi connectivity index (χ0) is 19.3. The van der Waals surface area contributed by atoms with Gasteiger partial charge in [0.15, 0.2) is 0 Å². The third-order valence-corrected chi connectivity index (χ3v) is 5.20. The van der Waals surface area contributed by atoms with E-state index in [1.807, 2.05) is 30.3 Å². The smallest absolute Gasteiger partial charge is 0.327 e. The topological polar surface area (TPSA) is 79.7 Å². The van der Waals surface area contributed by atoms with Crippen LogP contribution in [0.3, 0.4) is 0 Å². The van der Waals surface area contributed by atoms with E-state index in [1.54, 1.807) is 22.0 Å². The van der Waals surface area contributed by atoms with Crippen molar-refractivity contribution < 1.29 is 14.3 Å². The van der Waals surface area contributed by atoms with Crippen molar-refractivity contribution in [2.45, 2.75) is 18.9 Å². The Morgan fingerprint density at radius 2 is 1.87 bits per heavy atom. The molecule has 2 saturated heterocycles. The summed E-state index contributed by atoms with van der Waals surface area (Å²) >= 11 is 0. The fourth-order valence-corrected chi connectivity index (χ4v) is 3.67. The number of carbonyl (C=O) groups excluding carboxylic acids is 2. The lowest BCUT2D eigenvalue weighted by atomic mass is 10.1. The summed E-state index contributed by atoms with van der Waals surface area (Å²) in [6, 6.07) is 9.26. The SMILES string of the molecule is Cl.Cl.O=C(c1cn(-c2ccccc2)cn1)N(C(=O)N1CCOCC1)C1CCCNC1. The van der Waals surface area contributed by atoms with Crippen molar-refractivity contribution in [2.75, 3.05) is 39.4 Å². The standard InChI is InChI=1S/C20H25N5O3.2ClH/c26-19(18-14-24(15-22-18)16-5-2-1-3-6-16)25(17-7-4-8-21-13-17)20(27)23-9-11-28-12-10-23;;/h1-3,5-6,14-15,17,21H,4,7-13H2;2*1H. The van der Waals surface area contributed by atoms with Crippen molar-refractivity contribution in [2.24, 2.45) is 0 Å². The molecule has 8 nitrogen and oxygen atoms in total. The number of nitrogens with one attached hydrogen (secondary N) is 1. The normalized spacial score (nSPS) is 18.7. The van der Waals surface area contributed by atoms with E-state index in [4.69, 9.17) is 4.74 Å². The van der Waals surface area contributed by atoms with Gasteiger partial charge in [-0.3, -0.25) is 9.69 Å². The van der Waals surface area contributed by atoms with E-state index in [0.29, 0.717) is 32.8 Å². The minimum atomic E-state index is -0.347. The van der Waals surface area contributed by atoms with Crippen molar-refractivity contribution in [1.82, 2.24) is 24.7 Å². The van der Waals surface area contributed by atoms with Gasteiger partial charge in [-0.05, 0) is 31.5 Å². The van der Waals surface area contributed by atoms with Crippen LogP contribution in [0.4, 0.5) is 4.79 Å². The second-order valence-corrected chi connectivity index (χ2v) is 7.06. The predicted octanol–water partition coefficient (Wildman–Crippen LogP) is 2.36. The minimum Gasteiger partial charge on any atom is -0.378 e.